The third kappa shape index (κ3) is 22.3. The molecule has 32 nitrogen and oxygen atoms in total. The summed E-state index contributed by atoms with van der Waals surface area (Å²) < 4.78 is 9.36. The van der Waals surface area contributed by atoms with Gasteiger partial charge in [0.1, 0.15) is 40.1 Å². The number of carbonyl (C=O) groups excluding carboxylic acids is 4. The minimum atomic E-state index is -1.20. The minimum Gasteiger partial charge on any atom is -0.508 e. The van der Waals surface area contributed by atoms with E-state index in [9.17, 15) is 104 Å². The number of aromatic nitrogens is 6. The van der Waals surface area contributed by atoms with E-state index in [1.807, 2.05) is 49.4 Å². The summed E-state index contributed by atoms with van der Waals surface area (Å²) in [5.41, 5.74) is 1.09. The number of ether oxygens (including phenoxy) is 2. The summed E-state index contributed by atoms with van der Waals surface area (Å²) in [4.78, 5) is 153. The van der Waals surface area contributed by atoms with Crippen LogP contribution in [0.1, 0.15) is 67.5 Å². The van der Waals surface area contributed by atoms with Gasteiger partial charge in [-0.15, -0.1) is 0 Å². The van der Waals surface area contributed by atoms with E-state index in [1.165, 1.54) is 48.5 Å². The Morgan fingerprint density at radius 1 is 0.448 bits per heavy atom. The van der Waals surface area contributed by atoms with Crippen LogP contribution in [-0.4, -0.2) is 119 Å². The van der Waals surface area contributed by atoms with Gasteiger partial charge < -0.3 is 80.4 Å². The zero-order valence-electron chi connectivity index (χ0n) is 68.6. The first kappa shape index (κ1) is 98.2. The topological polar surface area (TPSA) is 524 Å². The summed E-state index contributed by atoms with van der Waals surface area (Å²) in [6.45, 7) is 1.70. The number of fused-ring (bicyclic) bond motifs is 7. The van der Waals surface area contributed by atoms with E-state index in [2.05, 4.69) is 51.8 Å². The van der Waals surface area contributed by atoms with E-state index in [0.717, 1.165) is 31.1 Å². The highest BCUT2D eigenvalue weighted by Gasteiger charge is 2.37. The highest BCUT2D eigenvalue weighted by atomic mass is 35.5. The Labute approximate surface area is 796 Å². The van der Waals surface area contributed by atoms with Crippen LogP contribution in [0.25, 0.3) is 87.7 Å². The number of ketones is 1. The number of aromatic amines is 6. The van der Waals surface area contributed by atoms with Gasteiger partial charge >= 0.3 is 23.2 Å². The van der Waals surface area contributed by atoms with Crippen LogP contribution in [0.3, 0.4) is 0 Å². The second-order valence-corrected chi connectivity index (χ2v) is 32.7. The first-order chi connectivity index (χ1) is 63.8. The fourth-order valence-corrected chi connectivity index (χ4v) is 15.5. The number of nitro groups is 2. The molecule has 41 heteroatoms. The van der Waals surface area contributed by atoms with Crippen molar-refractivity contribution in [3.8, 4) is 74.3 Å². The van der Waals surface area contributed by atoms with Crippen LogP contribution < -0.4 is 38.7 Å². The number of esters is 2. The van der Waals surface area contributed by atoms with Crippen molar-refractivity contribution in [1.29, 1.82) is 0 Å². The number of rotatable bonds is 10. The van der Waals surface area contributed by atoms with Crippen LogP contribution in [0.15, 0.2) is 223 Å². The van der Waals surface area contributed by atoms with Gasteiger partial charge in [-0.2, -0.15) is 0 Å². The summed E-state index contributed by atoms with van der Waals surface area (Å²) in [5.74, 6) is 0.521. The van der Waals surface area contributed by atoms with Crippen molar-refractivity contribution in [3.05, 3.63) is 355 Å². The van der Waals surface area contributed by atoms with Gasteiger partial charge in [-0.25, -0.2) is 9.59 Å². The number of H-pyrrole nitrogens is 6. The zero-order valence-corrected chi connectivity index (χ0v) is 75.4. The Kier molecular flexibility index (Phi) is 31.2. The van der Waals surface area contributed by atoms with Crippen LogP contribution in [0.2, 0.25) is 45.2 Å². The van der Waals surface area contributed by atoms with E-state index < -0.39 is 90.0 Å². The predicted molar refractivity (Wildman–Crippen MR) is 513 cm³/mol. The van der Waals surface area contributed by atoms with E-state index in [4.69, 9.17) is 109 Å². The molecule has 0 bridgehead atoms. The molecular formula is C93H64Cl9N9O23. The Morgan fingerprint density at radius 3 is 1.37 bits per heavy atom. The summed E-state index contributed by atoms with van der Waals surface area (Å²) in [5, 5.41) is 98.6. The van der Waals surface area contributed by atoms with Crippen molar-refractivity contribution < 1.29 is 74.2 Å². The molecular weight excluding hydrogens is 1930 g/mol. The molecule has 7 heterocycles. The highest BCUT2D eigenvalue weighted by Crippen LogP contribution is 2.44. The molecule has 0 spiro atoms. The van der Waals surface area contributed by atoms with Crippen molar-refractivity contribution in [2.75, 3.05) is 19.0 Å². The number of methoxy groups -OCH3 is 1. The molecule has 0 radical (unpaired) electrons. The smallest absolute Gasteiger partial charge is 0.375 e. The third-order valence-corrected chi connectivity index (χ3v) is 22.8. The lowest BCUT2D eigenvalue weighted by atomic mass is 9.99. The second-order valence-electron chi connectivity index (χ2n) is 28.9. The number of phenolic OH excluding ortho intramolecular Hbond substituents is 1. The molecule has 1 amide bonds. The molecule has 10 aromatic carbocycles. The summed E-state index contributed by atoms with van der Waals surface area (Å²) in [6, 6.07) is 51.7. The number of benzene rings is 10. The lowest BCUT2D eigenvalue weighted by Gasteiger charge is -2.19. The number of pyridine rings is 6. The average Bonchev–Trinajstić information content (AvgIpc) is 0.851. The second kappa shape index (κ2) is 42.6. The maximum atomic E-state index is 12.3. The zero-order chi connectivity index (χ0) is 97.1. The largest absolute Gasteiger partial charge is 0.508 e. The Bertz CT molecular complexity index is 7940. The molecule has 6 aromatic heterocycles. The van der Waals surface area contributed by atoms with Crippen molar-refractivity contribution in [2.45, 2.75) is 38.6 Å². The van der Waals surface area contributed by atoms with Crippen LogP contribution >= 0.6 is 104 Å². The molecule has 134 heavy (non-hydrogen) atoms. The first-order valence-corrected chi connectivity index (χ1v) is 42.4. The molecule has 1 saturated carbocycles. The number of Topliss-reactive ketones (excluding diaryl/α,β-unsaturated/α-hetero) is 1. The van der Waals surface area contributed by atoms with Gasteiger partial charge in [0.25, 0.3) is 39.7 Å². The third-order valence-electron chi connectivity index (χ3n) is 20.1. The van der Waals surface area contributed by atoms with Gasteiger partial charge in [0, 0.05) is 79.2 Å². The molecule has 1 aliphatic heterocycles. The van der Waals surface area contributed by atoms with E-state index in [0.29, 0.717) is 114 Å². The lowest BCUT2D eigenvalue weighted by molar-refractivity contribution is -0.506. The van der Waals surface area contributed by atoms with Crippen LogP contribution in [-0.2, 0) is 27.1 Å². The number of aromatic hydroxyl groups is 7. The molecule has 1 unspecified atom stereocenters. The molecule has 682 valence electrons. The molecule has 0 saturated heterocycles. The first-order valence-electron chi connectivity index (χ1n) is 39.0. The maximum Gasteiger partial charge on any atom is 0.375 e. The standard InChI is InChI=1S/C19H12ClNO5.C17H14ClNO2.C15H10ClNO2.C13H10ClNO3.C11H8ClNO4.C9H3Cl3N2O4.C9H7ClN2O3/c20-12-6-7-14-15(10-12)21-18(24)16(17(14)23)19(25)26-8-2-4-11-3-1-5-13(22)9-11;1-2-10-8-12(18)9-13-14(10)16(20)15(17(21)19-13)11-6-4-3-5-7-11;16-10-6-7-11-12(8-10)17-15(19)13(14(11)18)9-4-2-1-3-5-9;14-7-3-4-8-9(5-7)15-13(18)10(12(8)17)11(16)6-1-2-6;1-17-11(16)8-9(14)6-3-2-5(12)4-7(6)13-10(8)15;10-2-1-3-4(6(12)5(2)11)8(15)7(14(17)18)9(16)13-3;10-6-2-1-5-3-8(12(14)15)9(13)11-7(5)4-6/h1,3,5-7,9-10,22H,8H2,(H2,21,23,24);3-9H,2H2,1H3,(H2,19,20,21);1-8H,(H2,17,18,19);3-6H,1-2H2,(H2,15,17,18);2-4H,1H3,(H2,13,14,15);1H,(H2,13,15,16);1-2,4,8H,3H2,(H,11,13). The highest BCUT2D eigenvalue weighted by molar-refractivity contribution is 6.51. The van der Waals surface area contributed by atoms with E-state index >= 15 is 0 Å². The van der Waals surface area contributed by atoms with E-state index in [1.54, 1.807) is 103 Å². The average molecular weight is 1990 g/mol. The number of carbonyl (C=O) groups is 4. The van der Waals surface area contributed by atoms with Crippen LogP contribution in [0, 0.1) is 38.0 Å². The number of amides is 1. The Balaban J connectivity index is 0.000000142. The van der Waals surface area contributed by atoms with Gasteiger partial charge in [0.2, 0.25) is 5.75 Å². The minimum absolute atomic E-state index is 0.00784. The van der Waals surface area contributed by atoms with Gasteiger partial charge in [0.05, 0.1) is 83.1 Å². The van der Waals surface area contributed by atoms with Crippen molar-refractivity contribution in [2.24, 2.45) is 5.92 Å². The summed E-state index contributed by atoms with van der Waals surface area (Å²) in [6.07, 6.45) is 2.41. The van der Waals surface area contributed by atoms with Crippen LogP contribution in [0.5, 0.6) is 40.2 Å². The molecule has 18 rings (SSSR count). The number of phenols is 1. The molecule has 1 fully saturated rings. The quantitative estimate of drug-likeness (QED) is 0.0151. The fraction of sp³-hybridized carbons (Fsp3) is 0.0968. The summed E-state index contributed by atoms with van der Waals surface area (Å²) in [7, 11) is 1.13. The van der Waals surface area contributed by atoms with Crippen molar-refractivity contribution in [1.82, 2.24) is 29.9 Å². The monoisotopic (exact) mass is 1990 g/mol. The molecule has 14 N–H and O–H groups in total. The van der Waals surface area contributed by atoms with Gasteiger partial charge in [0.15, 0.2) is 23.5 Å². The maximum absolute atomic E-state index is 12.3. The van der Waals surface area contributed by atoms with Gasteiger partial charge in [-0.1, -0.05) is 196 Å². The predicted octanol–water partition coefficient (Wildman–Crippen LogP) is 19.2. The number of hydrogen-bond donors (Lipinski definition) is 14. The van der Waals surface area contributed by atoms with Gasteiger partial charge in [-0.05, 0) is 163 Å². The molecule has 1 atom stereocenters. The Hall–Kier alpha value is -14.9. The van der Waals surface area contributed by atoms with Gasteiger partial charge in [-0.3, -0.25) is 58.6 Å². The summed E-state index contributed by atoms with van der Waals surface area (Å²) >= 11 is 52.4. The molecule has 1 aliphatic carbocycles. The molecule has 16 aromatic rings. The number of hydrogen-bond acceptors (Lipinski definition) is 23. The molecule has 2 aliphatic rings. The van der Waals surface area contributed by atoms with Crippen molar-refractivity contribution >= 4 is 205 Å². The SMILES string of the molecule is CCc1cc(Cl)cc2[nH]c(=O)c(-c3ccccc3)c(O)c12.COC(=O)c1c(O)c2ccc(Cl)cc2[nH]c1=O.O=C(OCC#Cc1cccc(O)c1)c1c(O)c2ccc(Cl)cc2[nH]c1=O.O=C(c1c(O)c2ccc(Cl)cc2[nH]c1=O)C1CC1.O=C1Nc2cc(Cl)ccc2CC1[N+](=O)[O-].O=c1[nH]c2cc(Cl)c(Cl)c(Cl)c2c(O)c1[N+](=O)[O-].O=c1[nH]c2cc(Cl)ccc2c(O)c1-c1ccccc1. The Morgan fingerprint density at radius 2 is 0.888 bits per heavy atom. The lowest BCUT2D eigenvalue weighted by Crippen LogP contribution is -2.40. The van der Waals surface area contributed by atoms with Crippen LogP contribution in [0.4, 0.5) is 11.4 Å². The number of nitrogens with zero attached hydrogens (tertiary/aromatic N) is 2. The normalized spacial score (nSPS) is 12.2. The van der Waals surface area contributed by atoms with E-state index in [-0.39, 0.29) is 101 Å². The fourth-order valence-electron chi connectivity index (χ4n) is 13.7. The number of anilines is 1. The number of aryl methyl sites for hydroxylation is 1. The number of nitrogens with one attached hydrogen (secondary N) is 7. The number of halogens is 9. The van der Waals surface area contributed by atoms with Crippen molar-refractivity contribution in [3.63, 3.8) is 0 Å².